The molecule has 3 nitrogen and oxygen atoms in total. The summed E-state index contributed by atoms with van der Waals surface area (Å²) in [5, 5.41) is 0. The van der Waals surface area contributed by atoms with Crippen LogP contribution in [0.1, 0.15) is 57.6 Å². The average Bonchev–Trinajstić information content (AvgIpc) is 2.33. The zero-order valence-corrected chi connectivity index (χ0v) is 15.0. The highest BCUT2D eigenvalue weighted by Gasteiger charge is 2.18. The van der Waals surface area contributed by atoms with Gasteiger partial charge in [0.1, 0.15) is 5.75 Å². The molecule has 1 rings (SSSR count). The summed E-state index contributed by atoms with van der Waals surface area (Å²) >= 11 is 0. The number of hydrogen-bond acceptors (Lipinski definition) is 3. The summed E-state index contributed by atoms with van der Waals surface area (Å²) in [6, 6.07) is 6.17. The zero-order chi connectivity index (χ0) is 16.2. The van der Waals surface area contributed by atoms with Crippen LogP contribution in [0.25, 0.3) is 0 Å². The Balaban J connectivity index is 2.95. The smallest absolute Gasteiger partial charge is 0.232 e. The third-order valence-corrected chi connectivity index (χ3v) is 4.66. The number of para-hydroxylation sites is 1. The lowest BCUT2D eigenvalue weighted by atomic mass is 9.94. The van der Waals surface area contributed by atoms with Crippen molar-refractivity contribution in [2.45, 2.75) is 46.5 Å². The van der Waals surface area contributed by atoms with Gasteiger partial charge in [-0.05, 0) is 23.0 Å². The lowest BCUT2D eigenvalue weighted by Gasteiger charge is -2.21. The molecule has 0 aliphatic rings. The molecule has 21 heavy (non-hydrogen) atoms. The van der Waals surface area contributed by atoms with Crippen LogP contribution >= 0.6 is 10.7 Å². The molecule has 0 heterocycles. The predicted octanol–water partition coefficient (Wildman–Crippen LogP) is 4.52. The molecular weight excluding hydrogens is 308 g/mol. The van der Waals surface area contributed by atoms with Gasteiger partial charge < -0.3 is 4.74 Å². The Morgan fingerprint density at radius 1 is 1.05 bits per heavy atom. The van der Waals surface area contributed by atoms with E-state index in [1.54, 1.807) is 0 Å². The van der Waals surface area contributed by atoms with Gasteiger partial charge in [-0.3, -0.25) is 0 Å². The second-order valence-corrected chi connectivity index (χ2v) is 9.02. The fourth-order valence-corrected chi connectivity index (χ4v) is 3.68. The maximum atomic E-state index is 11.1. The molecule has 0 spiro atoms. The number of ether oxygens (including phenoxy) is 1. The summed E-state index contributed by atoms with van der Waals surface area (Å²) in [6.45, 7) is 10.7. The second kappa shape index (κ2) is 7.50. The van der Waals surface area contributed by atoms with Crippen LogP contribution in [-0.4, -0.2) is 20.8 Å². The molecule has 0 saturated carbocycles. The first-order valence-electron chi connectivity index (χ1n) is 7.29. The van der Waals surface area contributed by atoms with E-state index < -0.39 is 9.05 Å². The van der Waals surface area contributed by atoms with Crippen LogP contribution in [0, 0.1) is 5.92 Å². The fourth-order valence-electron chi connectivity index (χ4n) is 2.26. The third-order valence-electron chi connectivity index (χ3n) is 3.32. The molecule has 0 fully saturated rings. The first-order chi connectivity index (χ1) is 9.61. The van der Waals surface area contributed by atoms with E-state index in [1.165, 1.54) is 0 Å². The summed E-state index contributed by atoms with van der Waals surface area (Å²) < 4.78 is 28.2. The Morgan fingerprint density at radius 2 is 1.52 bits per heavy atom. The van der Waals surface area contributed by atoms with Crippen LogP contribution in [-0.2, 0) is 9.05 Å². The second-order valence-electron chi connectivity index (χ2n) is 6.20. The molecule has 1 aromatic carbocycles. The number of halogens is 1. The summed E-state index contributed by atoms with van der Waals surface area (Å²) in [5.74, 6) is 1.38. The van der Waals surface area contributed by atoms with Gasteiger partial charge in [-0.2, -0.15) is 0 Å². The van der Waals surface area contributed by atoms with Crippen molar-refractivity contribution in [3.63, 3.8) is 0 Å². The molecule has 0 radical (unpaired) electrons. The van der Waals surface area contributed by atoms with Crippen LogP contribution in [0.15, 0.2) is 18.2 Å². The van der Waals surface area contributed by atoms with Gasteiger partial charge in [0.2, 0.25) is 9.05 Å². The van der Waals surface area contributed by atoms with Gasteiger partial charge in [-0.25, -0.2) is 8.42 Å². The Morgan fingerprint density at radius 3 is 1.90 bits per heavy atom. The summed E-state index contributed by atoms with van der Waals surface area (Å²) in [5.41, 5.74) is 2.31. The summed E-state index contributed by atoms with van der Waals surface area (Å²) in [4.78, 5) is 0. The van der Waals surface area contributed by atoms with Crippen molar-refractivity contribution < 1.29 is 13.2 Å². The van der Waals surface area contributed by atoms with Gasteiger partial charge in [-0.1, -0.05) is 52.8 Å². The predicted molar refractivity (Wildman–Crippen MR) is 88.9 cm³/mol. The summed E-state index contributed by atoms with van der Waals surface area (Å²) in [7, 11) is 1.80. The molecule has 1 aromatic rings. The molecule has 1 atom stereocenters. The Bertz CT molecular complexity index is 539. The van der Waals surface area contributed by atoms with Crippen molar-refractivity contribution >= 4 is 19.7 Å². The van der Waals surface area contributed by atoms with E-state index in [2.05, 4.69) is 39.8 Å². The standard InChI is InChI=1S/C16H25ClO3S/c1-11(2)14-7-6-8-15(12(3)4)16(14)20-9-13(5)10-21(17,18)19/h6-8,11-13H,9-10H2,1-5H3. The highest BCUT2D eigenvalue weighted by Crippen LogP contribution is 2.34. The molecule has 0 N–H and O–H groups in total. The van der Waals surface area contributed by atoms with Crippen LogP contribution in [0.4, 0.5) is 0 Å². The Labute approximate surface area is 133 Å². The van der Waals surface area contributed by atoms with E-state index in [9.17, 15) is 8.42 Å². The third kappa shape index (κ3) is 5.87. The van der Waals surface area contributed by atoms with Crippen molar-refractivity contribution in [2.24, 2.45) is 5.92 Å². The molecule has 1 unspecified atom stereocenters. The van der Waals surface area contributed by atoms with Gasteiger partial charge in [-0.15, -0.1) is 0 Å². The van der Waals surface area contributed by atoms with Gasteiger partial charge >= 0.3 is 0 Å². The number of rotatable bonds is 7. The molecule has 120 valence electrons. The van der Waals surface area contributed by atoms with Gasteiger partial charge in [0.05, 0.1) is 12.4 Å². The minimum Gasteiger partial charge on any atom is -0.493 e. The molecule has 0 bridgehead atoms. The fraction of sp³-hybridized carbons (Fsp3) is 0.625. The zero-order valence-electron chi connectivity index (χ0n) is 13.4. The number of benzene rings is 1. The molecule has 0 saturated heterocycles. The molecule has 0 aliphatic carbocycles. The lowest BCUT2D eigenvalue weighted by molar-refractivity contribution is 0.265. The minimum atomic E-state index is -3.49. The normalized spacial score (nSPS) is 13.7. The molecule has 0 aliphatic heterocycles. The highest BCUT2D eigenvalue weighted by molar-refractivity contribution is 8.13. The van der Waals surface area contributed by atoms with Crippen LogP contribution in [0.2, 0.25) is 0 Å². The number of hydrogen-bond donors (Lipinski definition) is 0. The monoisotopic (exact) mass is 332 g/mol. The van der Waals surface area contributed by atoms with Crippen LogP contribution < -0.4 is 4.74 Å². The Hall–Kier alpha value is -0.740. The van der Waals surface area contributed by atoms with Gasteiger partial charge in [0.15, 0.2) is 0 Å². The topological polar surface area (TPSA) is 43.4 Å². The van der Waals surface area contributed by atoms with Gasteiger partial charge in [0, 0.05) is 16.6 Å². The highest BCUT2D eigenvalue weighted by atomic mass is 35.7. The average molecular weight is 333 g/mol. The van der Waals surface area contributed by atoms with Crippen molar-refractivity contribution in [3.05, 3.63) is 29.3 Å². The minimum absolute atomic E-state index is 0.0740. The maximum Gasteiger partial charge on any atom is 0.232 e. The molecule has 5 heteroatoms. The van der Waals surface area contributed by atoms with Crippen molar-refractivity contribution in [1.29, 1.82) is 0 Å². The summed E-state index contributed by atoms with van der Waals surface area (Å²) in [6.07, 6.45) is 0. The van der Waals surface area contributed by atoms with Crippen molar-refractivity contribution in [1.82, 2.24) is 0 Å². The van der Waals surface area contributed by atoms with Gasteiger partial charge in [0.25, 0.3) is 0 Å². The molecule has 0 amide bonds. The molecular formula is C16H25ClO3S. The molecule has 0 aromatic heterocycles. The van der Waals surface area contributed by atoms with E-state index >= 15 is 0 Å². The van der Waals surface area contributed by atoms with E-state index in [1.807, 2.05) is 13.0 Å². The van der Waals surface area contributed by atoms with E-state index in [-0.39, 0.29) is 11.7 Å². The first kappa shape index (κ1) is 18.3. The Kier molecular flexibility index (Phi) is 6.54. The SMILES string of the molecule is CC(COc1c(C(C)C)cccc1C(C)C)CS(=O)(=O)Cl. The van der Waals surface area contributed by atoms with Crippen molar-refractivity contribution in [3.8, 4) is 5.75 Å². The van der Waals surface area contributed by atoms with E-state index in [4.69, 9.17) is 15.4 Å². The van der Waals surface area contributed by atoms with E-state index in [0.29, 0.717) is 18.4 Å². The first-order valence-corrected chi connectivity index (χ1v) is 9.77. The van der Waals surface area contributed by atoms with E-state index in [0.717, 1.165) is 16.9 Å². The lowest BCUT2D eigenvalue weighted by Crippen LogP contribution is -2.18. The largest absolute Gasteiger partial charge is 0.493 e. The quantitative estimate of drug-likeness (QED) is 0.689. The maximum absolute atomic E-state index is 11.1. The van der Waals surface area contributed by atoms with Crippen molar-refractivity contribution in [2.75, 3.05) is 12.4 Å². The van der Waals surface area contributed by atoms with Crippen LogP contribution in [0.5, 0.6) is 5.75 Å². The van der Waals surface area contributed by atoms with Crippen LogP contribution in [0.3, 0.4) is 0 Å².